The summed E-state index contributed by atoms with van der Waals surface area (Å²) in [5.41, 5.74) is 2.91. The van der Waals surface area contributed by atoms with Gasteiger partial charge in [-0.15, -0.1) is 0 Å². The summed E-state index contributed by atoms with van der Waals surface area (Å²) in [6.07, 6.45) is 0.669. The Bertz CT molecular complexity index is 1010. The van der Waals surface area contributed by atoms with Gasteiger partial charge in [0.2, 0.25) is 5.95 Å². The monoisotopic (exact) mass is 385 g/mol. The van der Waals surface area contributed by atoms with Crippen LogP contribution in [0.25, 0.3) is 21.9 Å². The van der Waals surface area contributed by atoms with Crippen LogP contribution in [0.15, 0.2) is 46.9 Å². The molecule has 0 aliphatic rings. The number of halogens is 1. The number of imidazole rings is 1. The number of rotatable bonds is 5. The minimum Gasteiger partial charge on any atom is -0.396 e. The summed E-state index contributed by atoms with van der Waals surface area (Å²) in [5.74, 6) is 1.45. The number of hydrogen-bond acceptors (Lipinski definition) is 4. The van der Waals surface area contributed by atoms with Gasteiger partial charge in [0.15, 0.2) is 5.82 Å². The molecule has 4 rings (SSSR count). The van der Waals surface area contributed by atoms with Crippen molar-refractivity contribution in [3.8, 4) is 0 Å². The van der Waals surface area contributed by atoms with Crippen molar-refractivity contribution in [3.05, 3.63) is 46.9 Å². The number of aliphatic hydroxyl groups excluding tert-OH is 1. The van der Waals surface area contributed by atoms with Crippen LogP contribution >= 0.6 is 15.9 Å². The summed E-state index contributed by atoms with van der Waals surface area (Å²) in [6.45, 7) is 0.829. The van der Waals surface area contributed by atoms with E-state index >= 15 is 0 Å². The molecule has 0 aliphatic heterocycles. The maximum atomic E-state index is 9.18. The lowest BCUT2D eigenvalue weighted by atomic mass is 10.2. The predicted octanol–water partition coefficient (Wildman–Crippen LogP) is 3.80. The molecule has 0 unspecified atom stereocenters. The first-order valence-electron chi connectivity index (χ1n) is 7.73. The molecule has 7 heteroatoms. The molecule has 0 saturated carbocycles. The Hall–Kier alpha value is -2.38. The molecule has 0 saturated heterocycles. The first-order valence-corrected chi connectivity index (χ1v) is 8.52. The highest BCUT2D eigenvalue weighted by molar-refractivity contribution is 9.10. The van der Waals surface area contributed by atoms with Gasteiger partial charge in [0.05, 0.1) is 16.6 Å². The molecule has 0 radical (unpaired) electrons. The number of para-hydroxylation sites is 2. The van der Waals surface area contributed by atoms with Gasteiger partial charge in [0.1, 0.15) is 0 Å². The number of nitrogens with zero attached hydrogens (tertiary/aromatic N) is 3. The van der Waals surface area contributed by atoms with Crippen molar-refractivity contribution >= 4 is 49.6 Å². The Morgan fingerprint density at radius 3 is 2.96 bits per heavy atom. The van der Waals surface area contributed by atoms with E-state index in [1.807, 2.05) is 42.5 Å². The first kappa shape index (κ1) is 15.2. The summed E-state index contributed by atoms with van der Waals surface area (Å²) in [7, 11) is 0. The van der Waals surface area contributed by atoms with Crippen molar-refractivity contribution < 1.29 is 5.11 Å². The van der Waals surface area contributed by atoms with E-state index in [4.69, 9.17) is 0 Å². The average molecular weight is 386 g/mol. The quantitative estimate of drug-likeness (QED) is 0.488. The van der Waals surface area contributed by atoms with Crippen LogP contribution in [0.4, 0.5) is 11.8 Å². The number of fused-ring (bicyclic) bond motifs is 2. The molecule has 2 heterocycles. The van der Waals surface area contributed by atoms with Crippen LogP contribution < -0.4 is 5.32 Å². The van der Waals surface area contributed by atoms with E-state index in [-0.39, 0.29) is 6.61 Å². The van der Waals surface area contributed by atoms with Gasteiger partial charge in [0.25, 0.3) is 0 Å². The van der Waals surface area contributed by atoms with Crippen molar-refractivity contribution in [2.45, 2.75) is 13.0 Å². The molecular weight excluding hydrogens is 370 g/mol. The number of H-pyrrole nitrogens is 1. The molecule has 0 spiro atoms. The molecule has 0 amide bonds. The number of benzene rings is 2. The van der Waals surface area contributed by atoms with E-state index in [0.717, 1.165) is 38.2 Å². The standard InChI is InChI=1S/C17H16BrN5O/c18-11-6-7-13-12(10-11)16(22-21-13)20-17-19-14-4-1-2-5-15(14)23(17)8-3-9-24/h1-2,4-7,10,24H,3,8-9H2,(H2,19,20,21,22). The third-order valence-electron chi connectivity index (χ3n) is 3.95. The minimum atomic E-state index is 0.143. The van der Waals surface area contributed by atoms with Crippen molar-refractivity contribution in [1.82, 2.24) is 19.7 Å². The largest absolute Gasteiger partial charge is 0.396 e. The number of aromatic nitrogens is 4. The third-order valence-corrected chi connectivity index (χ3v) is 4.44. The van der Waals surface area contributed by atoms with E-state index in [2.05, 4.69) is 41.0 Å². The zero-order chi connectivity index (χ0) is 16.5. The highest BCUT2D eigenvalue weighted by Crippen LogP contribution is 2.28. The highest BCUT2D eigenvalue weighted by Gasteiger charge is 2.13. The van der Waals surface area contributed by atoms with Gasteiger partial charge in [-0.1, -0.05) is 28.1 Å². The summed E-state index contributed by atoms with van der Waals surface area (Å²) in [5, 5.41) is 20.9. The molecule has 24 heavy (non-hydrogen) atoms. The molecule has 4 aromatic rings. The number of aryl methyl sites for hydroxylation is 1. The third kappa shape index (κ3) is 2.65. The topological polar surface area (TPSA) is 78.8 Å². The number of nitrogens with one attached hydrogen (secondary N) is 2. The van der Waals surface area contributed by atoms with Crippen LogP contribution in [0.2, 0.25) is 0 Å². The van der Waals surface area contributed by atoms with Gasteiger partial charge in [-0.05, 0) is 36.8 Å². The lowest BCUT2D eigenvalue weighted by Gasteiger charge is -2.09. The van der Waals surface area contributed by atoms with Crippen LogP contribution in [0, 0.1) is 0 Å². The molecule has 2 aromatic carbocycles. The zero-order valence-corrected chi connectivity index (χ0v) is 14.4. The average Bonchev–Trinajstić information content (AvgIpc) is 3.14. The van der Waals surface area contributed by atoms with E-state index in [9.17, 15) is 5.11 Å². The molecule has 3 N–H and O–H groups in total. The number of anilines is 2. The molecule has 0 aliphatic carbocycles. The number of hydrogen-bond donors (Lipinski definition) is 3. The fourth-order valence-corrected chi connectivity index (χ4v) is 3.17. The van der Waals surface area contributed by atoms with Crippen LogP contribution in [0.5, 0.6) is 0 Å². The van der Waals surface area contributed by atoms with Crippen molar-refractivity contribution in [1.29, 1.82) is 0 Å². The Morgan fingerprint density at radius 2 is 2.08 bits per heavy atom. The highest BCUT2D eigenvalue weighted by atomic mass is 79.9. The van der Waals surface area contributed by atoms with Gasteiger partial charge in [-0.25, -0.2) is 4.98 Å². The maximum absolute atomic E-state index is 9.18. The van der Waals surface area contributed by atoms with Crippen molar-refractivity contribution in [2.24, 2.45) is 0 Å². The first-order chi connectivity index (χ1) is 11.8. The van der Waals surface area contributed by atoms with Gasteiger partial charge >= 0.3 is 0 Å². The van der Waals surface area contributed by atoms with Crippen LogP contribution in [-0.4, -0.2) is 31.5 Å². The van der Waals surface area contributed by atoms with E-state index in [0.29, 0.717) is 13.0 Å². The number of aliphatic hydroxyl groups is 1. The van der Waals surface area contributed by atoms with Crippen LogP contribution in [0.3, 0.4) is 0 Å². The second-order valence-electron chi connectivity index (χ2n) is 5.54. The van der Waals surface area contributed by atoms with Gasteiger partial charge in [0, 0.05) is 23.0 Å². The normalized spacial score (nSPS) is 11.4. The lowest BCUT2D eigenvalue weighted by Crippen LogP contribution is -2.05. The second kappa shape index (κ2) is 6.26. The van der Waals surface area contributed by atoms with E-state index in [1.54, 1.807) is 0 Å². The Balaban J connectivity index is 1.79. The summed E-state index contributed by atoms with van der Waals surface area (Å²) in [4.78, 5) is 4.67. The van der Waals surface area contributed by atoms with Crippen molar-refractivity contribution in [2.75, 3.05) is 11.9 Å². The summed E-state index contributed by atoms with van der Waals surface area (Å²) < 4.78 is 3.07. The summed E-state index contributed by atoms with van der Waals surface area (Å²) in [6, 6.07) is 13.9. The van der Waals surface area contributed by atoms with E-state index in [1.165, 1.54) is 0 Å². The zero-order valence-electron chi connectivity index (χ0n) is 12.8. The lowest BCUT2D eigenvalue weighted by molar-refractivity contribution is 0.281. The fourth-order valence-electron chi connectivity index (χ4n) is 2.81. The fraction of sp³-hybridized carbons (Fsp3) is 0.176. The molecule has 0 atom stereocenters. The Kier molecular flexibility index (Phi) is 3.95. The smallest absolute Gasteiger partial charge is 0.209 e. The van der Waals surface area contributed by atoms with E-state index < -0.39 is 0 Å². The maximum Gasteiger partial charge on any atom is 0.209 e. The predicted molar refractivity (Wildman–Crippen MR) is 98.5 cm³/mol. The van der Waals surface area contributed by atoms with Crippen LogP contribution in [0.1, 0.15) is 6.42 Å². The molecule has 0 fully saturated rings. The Labute approximate surface area is 146 Å². The SMILES string of the molecule is OCCCn1c(Nc2n[nH]c3ccc(Br)cc23)nc2ccccc21. The molecule has 6 nitrogen and oxygen atoms in total. The number of aromatic amines is 1. The minimum absolute atomic E-state index is 0.143. The molecule has 0 bridgehead atoms. The van der Waals surface area contributed by atoms with Crippen molar-refractivity contribution in [3.63, 3.8) is 0 Å². The van der Waals surface area contributed by atoms with Gasteiger partial charge in [-0.2, -0.15) is 5.10 Å². The second-order valence-corrected chi connectivity index (χ2v) is 6.46. The molecular formula is C17H16BrN5O. The van der Waals surface area contributed by atoms with Gasteiger partial charge < -0.3 is 15.0 Å². The Morgan fingerprint density at radius 1 is 1.21 bits per heavy atom. The molecule has 122 valence electrons. The van der Waals surface area contributed by atoms with Crippen LogP contribution in [-0.2, 0) is 6.54 Å². The summed E-state index contributed by atoms with van der Waals surface area (Å²) >= 11 is 3.50. The molecule has 2 aromatic heterocycles. The van der Waals surface area contributed by atoms with Gasteiger partial charge in [-0.3, -0.25) is 5.10 Å².